The predicted octanol–water partition coefficient (Wildman–Crippen LogP) is 3.55. The van der Waals surface area contributed by atoms with E-state index >= 15 is 0 Å². The van der Waals surface area contributed by atoms with Crippen LogP contribution in [0.25, 0.3) is 6.08 Å². The van der Waals surface area contributed by atoms with E-state index in [4.69, 9.17) is 4.74 Å². The quantitative estimate of drug-likeness (QED) is 0.475. The third-order valence-electron chi connectivity index (χ3n) is 3.84. The molecule has 0 aromatic heterocycles. The van der Waals surface area contributed by atoms with E-state index in [0.29, 0.717) is 16.9 Å². The first-order valence-corrected chi connectivity index (χ1v) is 8.56. The molecule has 0 bridgehead atoms. The van der Waals surface area contributed by atoms with Crippen LogP contribution in [0.3, 0.4) is 0 Å². The standard InChI is InChI=1S/C18H14N2O6S/c1-26-15-6-5-11(8-14(15)21)9-16-17(22)19(18(23)27-16)10-12-3-2-4-13(7-12)20(24)25/h2-9,21H,10H2,1H3. The Labute approximate surface area is 158 Å². The van der Waals surface area contributed by atoms with E-state index in [1.165, 1.54) is 37.5 Å². The van der Waals surface area contributed by atoms with Gasteiger partial charge in [0.05, 0.1) is 23.5 Å². The molecule has 0 saturated carbocycles. The number of amides is 2. The highest BCUT2D eigenvalue weighted by Crippen LogP contribution is 2.35. The van der Waals surface area contributed by atoms with Crippen molar-refractivity contribution in [3.63, 3.8) is 0 Å². The van der Waals surface area contributed by atoms with Crippen LogP contribution >= 0.6 is 11.8 Å². The SMILES string of the molecule is COc1ccc(C=C2SC(=O)N(Cc3cccc([N+](=O)[O-])c3)C2=O)cc1O. The highest BCUT2D eigenvalue weighted by Gasteiger charge is 2.35. The van der Waals surface area contributed by atoms with Crippen LogP contribution < -0.4 is 4.74 Å². The number of nitro groups is 1. The number of methoxy groups -OCH3 is 1. The maximum atomic E-state index is 12.5. The molecule has 1 N–H and O–H groups in total. The molecule has 8 nitrogen and oxygen atoms in total. The number of carbonyl (C=O) groups excluding carboxylic acids is 2. The van der Waals surface area contributed by atoms with Gasteiger partial charge in [0.25, 0.3) is 16.8 Å². The number of hydrogen-bond acceptors (Lipinski definition) is 7. The number of carbonyl (C=O) groups is 2. The minimum atomic E-state index is -0.534. The summed E-state index contributed by atoms with van der Waals surface area (Å²) in [4.78, 5) is 36.3. The summed E-state index contributed by atoms with van der Waals surface area (Å²) in [7, 11) is 1.42. The molecule has 0 aliphatic carbocycles. The molecule has 1 aliphatic heterocycles. The number of ether oxygens (including phenoxy) is 1. The molecular formula is C18H14N2O6S. The lowest BCUT2D eigenvalue weighted by Crippen LogP contribution is -2.27. The molecule has 0 atom stereocenters. The van der Waals surface area contributed by atoms with Crippen molar-refractivity contribution in [3.05, 3.63) is 68.6 Å². The zero-order valence-electron chi connectivity index (χ0n) is 14.1. The van der Waals surface area contributed by atoms with Crippen LogP contribution in [0.15, 0.2) is 47.4 Å². The number of rotatable bonds is 5. The zero-order valence-corrected chi connectivity index (χ0v) is 14.9. The van der Waals surface area contributed by atoms with E-state index in [0.717, 1.165) is 16.7 Å². The van der Waals surface area contributed by atoms with Gasteiger partial charge in [0.1, 0.15) is 0 Å². The second kappa shape index (κ2) is 7.50. The third kappa shape index (κ3) is 3.93. The Morgan fingerprint density at radius 3 is 2.70 bits per heavy atom. The molecule has 1 saturated heterocycles. The molecule has 1 fully saturated rings. The molecule has 0 spiro atoms. The number of nitro benzene ring substituents is 1. The average molecular weight is 386 g/mol. The Balaban J connectivity index is 1.81. The molecule has 27 heavy (non-hydrogen) atoms. The summed E-state index contributed by atoms with van der Waals surface area (Å²) >= 11 is 0.774. The molecule has 1 aliphatic rings. The van der Waals surface area contributed by atoms with Crippen LogP contribution in [0.5, 0.6) is 11.5 Å². The summed E-state index contributed by atoms with van der Waals surface area (Å²) < 4.78 is 4.96. The third-order valence-corrected chi connectivity index (χ3v) is 4.74. The number of imide groups is 1. The first kappa shape index (κ1) is 18.5. The smallest absolute Gasteiger partial charge is 0.293 e. The van der Waals surface area contributed by atoms with Gasteiger partial charge in [-0.2, -0.15) is 0 Å². The summed E-state index contributed by atoms with van der Waals surface area (Å²) in [5, 5.41) is 20.2. The van der Waals surface area contributed by atoms with Crippen LogP contribution in [-0.4, -0.2) is 33.2 Å². The molecule has 138 valence electrons. The number of hydrogen-bond donors (Lipinski definition) is 1. The van der Waals surface area contributed by atoms with Crippen molar-refractivity contribution in [2.45, 2.75) is 6.54 Å². The number of non-ortho nitro benzene ring substituents is 1. The van der Waals surface area contributed by atoms with Crippen LogP contribution in [0.4, 0.5) is 10.5 Å². The van der Waals surface area contributed by atoms with E-state index in [-0.39, 0.29) is 22.9 Å². The molecule has 9 heteroatoms. The Hall–Kier alpha value is -3.33. The molecule has 2 aromatic rings. The van der Waals surface area contributed by atoms with Gasteiger partial charge < -0.3 is 9.84 Å². The normalized spacial score (nSPS) is 15.4. The molecule has 0 radical (unpaired) electrons. The monoisotopic (exact) mass is 386 g/mol. The minimum absolute atomic E-state index is 0.0580. The predicted molar refractivity (Wildman–Crippen MR) is 99.3 cm³/mol. The average Bonchev–Trinajstić information content (AvgIpc) is 2.89. The van der Waals surface area contributed by atoms with Gasteiger partial charge >= 0.3 is 0 Å². The summed E-state index contributed by atoms with van der Waals surface area (Å²) in [6, 6.07) is 10.4. The summed E-state index contributed by atoms with van der Waals surface area (Å²) in [5.41, 5.74) is 0.910. The van der Waals surface area contributed by atoms with Crippen molar-refractivity contribution in [2.24, 2.45) is 0 Å². The van der Waals surface area contributed by atoms with Gasteiger partial charge in [-0.25, -0.2) is 0 Å². The molecule has 3 rings (SSSR count). The van der Waals surface area contributed by atoms with Crippen LogP contribution in [0, 0.1) is 10.1 Å². The van der Waals surface area contributed by atoms with Gasteiger partial charge in [-0.1, -0.05) is 18.2 Å². The second-order valence-corrected chi connectivity index (χ2v) is 6.62. The van der Waals surface area contributed by atoms with Gasteiger partial charge in [0.2, 0.25) is 0 Å². The fourth-order valence-electron chi connectivity index (χ4n) is 2.54. The maximum Gasteiger partial charge on any atom is 0.293 e. The summed E-state index contributed by atoms with van der Waals surface area (Å²) in [6.07, 6.45) is 1.50. The van der Waals surface area contributed by atoms with E-state index in [1.807, 2.05) is 0 Å². The highest BCUT2D eigenvalue weighted by molar-refractivity contribution is 8.18. The number of phenols is 1. The van der Waals surface area contributed by atoms with Gasteiger partial charge in [0, 0.05) is 12.1 Å². The van der Waals surface area contributed by atoms with Crippen molar-refractivity contribution >= 4 is 34.7 Å². The van der Waals surface area contributed by atoms with E-state index in [9.17, 15) is 24.8 Å². The first-order chi connectivity index (χ1) is 12.9. The highest BCUT2D eigenvalue weighted by atomic mass is 32.2. The molecule has 2 aromatic carbocycles. The largest absolute Gasteiger partial charge is 0.504 e. The number of thioether (sulfide) groups is 1. The van der Waals surface area contributed by atoms with Crippen LogP contribution in [-0.2, 0) is 11.3 Å². The van der Waals surface area contributed by atoms with Gasteiger partial charge in [-0.15, -0.1) is 0 Å². The van der Waals surface area contributed by atoms with Crippen molar-refractivity contribution in [1.82, 2.24) is 4.90 Å². The van der Waals surface area contributed by atoms with Gasteiger partial charge in [0.15, 0.2) is 11.5 Å². The Bertz CT molecular complexity index is 972. The van der Waals surface area contributed by atoms with Crippen molar-refractivity contribution in [2.75, 3.05) is 7.11 Å². The van der Waals surface area contributed by atoms with Crippen LogP contribution in [0.2, 0.25) is 0 Å². The molecular weight excluding hydrogens is 372 g/mol. The van der Waals surface area contributed by atoms with E-state index < -0.39 is 16.1 Å². The minimum Gasteiger partial charge on any atom is -0.504 e. The van der Waals surface area contributed by atoms with Crippen LogP contribution in [0.1, 0.15) is 11.1 Å². The summed E-state index contributed by atoms with van der Waals surface area (Å²) in [5.74, 6) is -0.278. The lowest BCUT2D eigenvalue weighted by molar-refractivity contribution is -0.384. The van der Waals surface area contributed by atoms with Gasteiger partial charge in [-0.3, -0.25) is 24.6 Å². The Kier molecular flexibility index (Phi) is 5.13. The number of nitrogens with zero attached hydrogens (tertiary/aromatic N) is 2. The Morgan fingerprint density at radius 2 is 2.04 bits per heavy atom. The number of phenolic OH excluding ortho intramolecular Hbond substituents is 1. The maximum absolute atomic E-state index is 12.5. The second-order valence-electron chi connectivity index (χ2n) is 5.63. The van der Waals surface area contributed by atoms with E-state index in [1.54, 1.807) is 18.2 Å². The van der Waals surface area contributed by atoms with Crippen molar-refractivity contribution in [3.8, 4) is 11.5 Å². The topological polar surface area (TPSA) is 110 Å². The van der Waals surface area contributed by atoms with Crippen molar-refractivity contribution in [1.29, 1.82) is 0 Å². The fraction of sp³-hybridized carbons (Fsp3) is 0.111. The Morgan fingerprint density at radius 1 is 1.26 bits per heavy atom. The number of aromatic hydroxyl groups is 1. The van der Waals surface area contributed by atoms with Crippen molar-refractivity contribution < 1.29 is 24.4 Å². The molecule has 1 heterocycles. The fourth-order valence-corrected chi connectivity index (χ4v) is 3.37. The lowest BCUT2D eigenvalue weighted by Gasteiger charge is -2.12. The molecule has 2 amide bonds. The number of benzene rings is 2. The summed E-state index contributed by atoms with van der Waals surface area (Å²) in [6.45, 7) is -0.0580. The first-order valence-electron chi connectivity index (χ1n) is 7.74. The van der Waals surface area contributed by atoms with Gasteiger partial charge in [-0.05, 0) is 41.1 Å². The molecule has 0 unspecified atom stereocenters. The zero-order chi connectivity index (χ0) is 19.6. The van der Waals surface area contributed by atoms with E-state index in [2.05, 4.69) is 0 Å². The lowest BCUT2D eigenvalue weighted by atomic mass is 10.1.